The third-order valence-corrected chi connectivity index (χ3v) is 3.66. The van der Waals surface area contributed by atoms with E-state index in [-0.39, 0.29) is 0 Å². The lowest BCUT2D eigenvalue weighted by Gasteiger charge is -2.13. The number of hydrogen-bond acceptors (Lipinski definition) is 5. The third-order valence-electron chi connectivity index (χ3n) is 2.18. The Labute approximate surface area is 115 Å². The zero-order valence-corrected chi connectivity index (χ0v) is 12.8. The number of nitrogens with one attached hydrogen (secondary N) is 1. The lowest BCUT2D eigenvalue weighted by atomic mass is 10.3. The molecule has 1 atom stereocenters. The molecule has 17 heavy (non-hydrogen) atoms. The van der Waals surface area contributed by atoms with E-state index in [4.69, 9.17) is 4.74 Å². The molecule has 0 bridgehead atoms. The molecule has 4 nitrogen and oxygen atoms in total. The van der Waals surface area contributed by atoms with E-state index >= 15 is 0 Å². The summed E-state index contributed by atoms with van der Waals surface area (Å²) in [5.41, 5.74) is 0. The molecule has 0 saturated heterocycles. The summed E-state index contributed by atoms with van der Waals surface area (Å²) in [6, 6.07) is 0.361. The lowest BCUT2D eigenvalue weighted by molar-refractivity contribution is 0.394. The largest absolute Gasteiger partial charge is 0.480 e. The third kappa shape index (κ3) is 5.12. The van der Waals surface area contributed by atoms with E-state index in [1.807, 2.05) is 11.8 Å². The van der Waals surface area contributed by atoms with Crippen LogP contribution in [0.25, 0.3) is 0 Å². The number of halogens is 1. The molecule has 96 valence electrons. The Bertz CT molecular complexity index is 351. The van der Waals surface area contributed by atoms with Crippen LogP contribution in [0.4, 0.5) is 5.95 Å². The van der Waals surface area contributed by atoms with Gasteiger partial charge >= 0.3 is 0 Å². The molecule has 1 aromatic heterocycles. The molecular weight excluding hydrogens is 302 g/mol. The van der Waals surface area contributed by atoms with E-state index in [2.05, 4.69) is 45.1 Å². The smallest absolute Gasteiger partial charge is 0.232 e. The van der Waals surface area contributed by atoms with Gasteiger partial charge in [0, 0.05) is 6.04 Å². The van der Waals surface area contributed by atoms with Gasteiger partial charge in [0.25, 0.3) is 0 Å². The summed E-state index contributed by atoms with van der Waals surface area (Å²) in [5, 5.41) is 3.27. The molecular formula is C11H18BrN3OS. The first-order valence-corrected chi connectivity index (χ1v) is 7.53. The van der Waals surface area contributed by atoms with Gasteiger partial charge in [0.05, 0.1) is 17.8 Å². The van der Waals surface area contributed by atoms with Crippen LogP contribution in [-0.4, -0.2) is 34.6 Å². The van der Waals surface area contributed by atoms with Crippen molar-refractivity contribution in [2.24, 2.45) is 0 Å². The van der Waals surface area contributed by atoms with Crippen molar-refractivity contribution in [1.29, 1.82) is 0 Å². The fourth-order valence-electron chi connectivity index (χ4n) is 1.26. The van der Waals surface area contributed by atoms with Gasteiger partial charge in [-0.3, -0.25) is 0 Å². The maximum Gasteiger partial charge on any atom is 0.232 e. The second kappa shape index (κ2) is 7.76. The molecule has 6 heteroatoms. The van der Waals surface area contributed by atoms with Crippen LogP contribution in [0.1, 0.15) is 20.3 Å². The number of rotatable bonds is 7. The zero-order chi connectivity index (χ0) is 12.7. The quantitative estimate of drug-likeness (QED) is 0.782. The molecule has 0 aliphatic heterocycles. The number of thioether (sulfide) groups is 1. The number of methoxy groups -OCH3 is 1. The Balaban J connectivity index is 2.50. The predicted octanol–water partition coefficient (Wildman–Crippen LogP) is 3.19. The van der Waals surface area contributed by atoms with E-state index in [0.717, 1.165) is 22.4 Å². The summed E-state index contributed by atoms with van der Waals surface area (Å²) in [6.45, 7) is 4.31. The normalized spacial score (nSPS) is 12.2. The molecule has 0 aliphatic rings. The maximum absolute atomic E-state index is 5.12. The number of ether oxygens (including phenoxy) is 1. The minimum absolute atomic E-state index is 0.361. The summed E-state index contributed by atoms with van der Waals surface area (Å²) >= 11 is 5.27. The number of nitrogens with zero attached hydrogens (tertiary/aromatic N) is 2. The van der Waals surface area contributed by atoms with Gasteiger partial charge < -0.3 is 10.1 Å². The van der Waals surface area contributed by atoms with Gasteiger partial charge in [-0.25, -0.2) is 4.98 Å². The summed E-state index contributed by atoms with van der Waals surface area (Å²) in [5.74, 6) is 3.48. The summed E-state index contributed by atoms with van der Waals surface area (Å²) < 4.78 is 5.89. The molecule has 0 aliphatic carbocycles. The van der Waals surface area contributed by atoms with Crippen LogP contribution < -0.4 is 10.1 Å². The van der Waals surface area contributed by atoms with Crippen LogP contribution in [0.2, 0.25) is 0 Å². The first kappa shape index (κ1) is 14.6. The van der Waals surface area contributed by atoms with Crippen molar-refractivity contribution in [3.63, 3.8) is 0 Å². The number of anilines is 1. The highest BCUT2D eigenvalue weighted by Crippen LogP contribution is 2.22. The molecule has 0 spiro atoms. The zero-order valence-electron chi connectivity index (χ0n) is 10.4. The van der Waals surface area contributed by atoms with Crippen molar-refractivity contribution < 1.29 is 4.74 Å². The molecule has 0 radical (unpaired) electrons. The van der Waals surface area contributed by atoms with Gasteiger partial charge in [-0.15, -0.1) is 0 Å². The molecule has 1 unspecified atom stereocenters. The molecule has 1 rings (SSSR count). The summed E-state index contributed by atoms with van der Waals surface area (Å²) in [4.78, 5) is 8.46. The van der Waals surface area contributed by atoms with Crippen LogP contribution in [0.5, 0.6) is 5.88 Å². The van der Waals surface area contributed by atoms with Crippen LogP contribution >= 0.6 is 27.7 Å². The SMILES string of the molecule is CCSCCC(C)Nc1ncc(Br)c(OC)n1. The number of aromatic nitrogens is 2. The molecule has 0 saturated carbocycles. The van der Waals surface area contributed by atoms with Crippen molar-refractivity contribution >= 4 is 33.6 Å². The van der Waals surface area contributed by atoms with E-state index in [1.165, 1.54) is 0 Å². The van der Waals surface area contributed by atoms with Crippen LogP contribution in [0.3, 0.4) is 0 Å². The minimum Gasteiger partial charge on any atom is -0.480 e. The minimum atomic E-state index is 0.361. The molecule has 1 N–H and O–H groups in total. The van der Waals surface area contributed by atoms with Crippen molar-refractivity contribution in [3.8, 4) is 5.88 Å². The average molecular weight is 320 g/mol. The summed E-state index contributed by atoms with van der Waals surface area (Å²) in [7, 11) is 1.60. The van der Waals surface area contributed by atoms with Gasteiger partial charge in [-0.1, -0.05) is 6.92 Å². The topological polar surface area (TPSA) is 47.0 Å². The lowest BCUT2D eigenvalue weighted by Crippen LogP contribution is -2.18. The molecule has 0 aromatic carbocycles. The first-order valence-electron chi connectivity index (χ1n) is 5.58. The van der Waals surface area contributed by atoms with E-state index in [0.29, 0.717) is 17.9 Å². The average Bonchev–Trinajstić information content (AvgIpc) is 2.32. The summed E-state index contributed by atoms with van der Waals surface area (Å²) in [6.07, 6.45) is 2.79. The van der Waals surface area contributed by atoms with Crippen LogP contribution in [0.15, 0.2) is 10.7 Å². The predicted molar refractivity (Wildman–Crippen MR) is 77.0 cm³/mol. The van der Waals surface area contributed by atoms with Gasteiger partial charge in [0.15, 0.2) is 0 Å². The Morgan fingerprint density at radius 3 is 3.00 bits per heavy atom. The van der Waals surface area contributed by atoms with Crippen molar-refractivity contribution in [3.05, 3.63) is 10.7 Å². The Kier molecular flexibility index (Phi) is 6.65. The Morgan fingerprint density at radius 2 is 2.35 bits per heavy atom. The number of hydrogen-bond donors (Lipinski definition) is 1. The van der Waals surface area contributed by atoms with Gasteiger partial charge in [-0.2, -0.15) is 16.7 Å². The fraction of sp³-hybridized carbons (Fsp3) is 0.636. The Morgan fingerprint density at radius 1 is 1.59 bits per heavy atom. The molecule has 0 amide bonds. The van der Waals surface area contributed by atoms with Crippen LogP contribution in [0, 0.1) is 0 Å². The van der Waals surface area contributed by atoms with Gasteiger partial charge in [0.1, 0.15) is 0 Å². The molecule has 1 aromatic rings. The standard InChI is InChI=1S/C11H18BrN3OS/c1-4-17-6-5-8(2)14-11-13-7-9(12)10(15-11)16-3/h7-8H,4-6H2,1-3H3,(H,13,14,15). The van der Waals surface area contributed by atoms with Crippen LogP contribution in [-0.2, 0) is 0 Å². The second-order valence-electron chi connectivity index (χ2n) is 3.58. The Hall–Kier alpha value is -0.490. The maximum atomic E-state index is 5.12. The molecule has 0 fully saturated rings. The fourth-order valence-corrected chi connectivity index (χ4v) is 2.42. The first-order chi connectivity index (χ1) is 8.17. The van der Waals surface area contributed by atoms with E-state index < -0.39 is 0 Å². The highest BCUT2D eigenvalue weighted by atomic mass is 79.9. The van der Waals surface area contributed by atoms with Gasteiger partial charge in [0.2, 0.25) is 11.8 Å². The van der Waals surface area contributed by atoms with Crippen molar-refractivity contribution in [2.45, 2.75) is 26.3 Å². The highest BCUT2D eigenvalue weighted by Gasteiger charge is 2.07. The molecule has 1 heterocycles. The monoisotopic (exact) mass is 319 g/mol. The second-order valence-corrected chi connectivity index (χ2v) is 5.83. The van der Waals surface area contributed by atoms with E-state index in [9.17, 15) is 0 Å². The van der Waals surface area contributed by atoms with Gasteiger partial charge in [-0.05, 0) is 40.8 Å². The van der Waals surface area contributed by atoms with Crippen molar-refractivity contribution in [1.82, 2.24) is 9.97 Å². The van der Waals surface area contributed by atoms with Crippen molar-refractivity contribution in [2.75, 3.05) is 23.9 Å². The van der Waals surface area contributed by atoms with E-state index in [1.54, 1.807) is 13.3 Å². The highest BCUT2D eigenvalue weighted by molar-refractivity contribution is 9.10.